The first-order chi connectivity index (χ1) is 8.61. The van der Waals surface area contributed by atoms with E-state index < -0.39 is 0 Å². The molecule has 1 aromatic carbocycles. The lowest BCUT2D eigenvalue weighted by Crippen LogP contribution is -2.41. The van der Waals surface area contributed by atoms with E-state index in [0.717, 1.165) is 29.8 Å². The van der Waals surface area contributed by atoms with Crippen LogP contribution in [0, 0.1) is 18.8 Å². The second-order valence-electron chi connectivity index (χ2n) is 4.65. The molecule has 1 aliphatic rings. The van der Waals surface area contributed by atoms with E-state index >= 15 is 0 Å². The smallest absolute Gasteiger partial charge is 0.132 e. The molecule has 0 bridgehead atoms. The summed E-state index contributed by atoms with van der Waals surface area (Å²) in [4.78, 5) is 0. The van der Waals surface area contributed by atoms with Gasteiger partial charge in [0.05, 0.1) is 6.54 Å². The van der Waals surface area contributed by atoms with Gasteiger partial charge in [0.15, 0.2) is 0 Å². The van der Waals surface area contributed by atoms with Crippen LogP contribution >= 0.6 is 0 Å². The number of hydrogen-bond acceptors (Lipinski definition) is 2. The Bertz CT molecular complexity index is 547. The van der Waals surface area contributed by atoms with Gasteiger partial charge >= 0.3 is 0 Å². The minimum absolute atomic E-state index is 0.859. The third kappa shape index (κ3) is 2.56. The van der Waals surface area contributed by atoms with Crippen molar-refractivity contribution in [3.05, 3.63) is 40.6 Å². The molecule has 0 amide bonds. The van der Waals surface area contributed by atoms with Crippen LogP contribution in [0.1, 0.15) is 23.6 Å². The minimum atomic E-state index is 0.859. The first-order valence-electron chi connectivity index (χ1n) is 6.24. The van der Waals surface area contributed by atoms with Crippen molar-refractivity contribution >= 4 is 5.69 Å². The average molecular weight is 242 g/mol. The third-order valence-corrected chi connectivity index (χ3v) is 3.19. The van der Waals surface area contributed by atoms with Crippen LogP contribution in [0.15, 0.2) is 23.9 Å². The number of rotatable bonds is 1. The molecule has 0 aromatic heterocycles. The topological polar surface area (TPSA) is 42.9 Å². The molecule has 18 heavy (non-hydrogen) atoms. The molecule has 3 nitrogen and oxygen atoms in total. The fourth-order valence-corrected chi connectivity index (χ4v) is 2.14. The molecule has 1 heterocycles. The summed E-state index contributed by atoms with van der Waals surface area (Å²) in [6.45, 7) is 5.12. The molecule has 1 aromatic rings. The molecule has 0 saturated heterocycles. The van der Waals surface area contributed by atoms with E-state index in [1.165, 1.54) is 11.1 Å². The summed E-state index contributed by atoms with van der Waals surface area (Å²) in [6.07, 6.45) is 2.93. The number of hydrazine groups is 1. The highest BCUT2D eigenvalue weighted by Gasteiger charge is 2.09. The van der Waals surface area contributed by atoms with Gasteiger partial charge in [-0.15, -0.1) is 0 Å². The quantitative estimate of drug-likeness (QED) is 0.725. The van der Waals surface area contributed by atoms with Crippen molar-refractivity contribution in [1.29, 1.82) is 0 Å². The van der Waals surface area contributed by atoms with Gasteiger partial charge in [0.25, 0.3) is 0 Å². The summed E-state index contributed by atoms with van der Waals surface area (Å²) in [7, 11) is 2.00. The summed E-state index contributed by atoms with van der Waals surface area (Å²) in [5, 5.41) is 2.01. The van der Waals surface area contributed by atoms with E-state index in [-0.39, 0.29) is 0 Å². The summed E-state index contributed by atoms with van der Waals surface area (Å²) in [6, 6.07) is 4.17. The lowest BCUT2D eigenvalue weighted by Gasteiger charge is -2.06. The van der Waals surface area contributed by atoms with Crippen LogP contribution in [0.4, 0.5) is 5.69 Å². The van der Waals surface area contributed by atoms with Crippen LogP contribution in [0.5, 0.6) is 0 Å². The van der Waals surface area contributed by atoms with E-state index in [1.807, 2.05) is 18.3 Å². The van der Waals surface area contributed by atoms with Crippen molar-refractivity contribution in [2.75, 3.05) is 13.6 Å². The van der Waals surface area contributed by atoms with E-state index in [0.29, 0.717) is 0 Å². The highest BCUT2D eigenvalue weighted by atomic mass is 15.5. The number of aryl methyl sites for hydroxylation is 1. The Hall–Kier alpha value is -1.76. The average Bonchev–Trinajstić information content (AvgIpc) is 2.76. The lowest BCUT2D eigenvalue weighted by molar-refractivity contribution is -0.255. The number of quaternary nitrogens is 1. The van der Waals surface area contributed by atoms with Gasteiger partial charge in [0, 0.05) is 29.9 Å². The summed E-state index contributed by atoms with van der Waals surface area (Å²) < 4.78 is 0. The molecule has 0 unspecified atom stereocenters. The van der Waals surface area contributed by atoms with Crippen molar-refractivity contribution in [1.82, 2.24) is 10.4 Å². The van der Waals surface area contributed by atoms with E-state index in [1.54, 1.807) is 0 Å². The predicted octanol–water partition coefficient (Wildman–Crippen LogP) is 1.12. The Kier molecular flexibility index (Phi) is 3.71. The van der Waals surface area contributed by atoms with Gasteiger partial charge in [0.2, 0.25) is 0 Å². The molecule has 0 radical (unpaired) electrons. The van der Waals surface area contributed by atoms with Gasteiger partial charge in [0.1, 0.15) is 5.69 Å². The van der Waals surface area contributed by atoms with Gasteiger partial charge < -0.3 is 11.2 Å². The number of hydrogen-bond donors (Lipinski definition) is 2. The van der Waals surface area contributed by atoms with E-state index in [4.69, 9.17) is 0 Å². The number of likely N-dealkylation sites (N-methyl/N-ethyl adjacent to an activating group) is 1. The summed E-state index contributed by atoms with van der Waals surface area (Å²) >= 11 is 0. The third-order valence-electron chi connectivity index (χ3n) is 3.19. The largest absolute Gasteiger partial charge is 0.325 e. The standard InChI is InChI=1S/C15H19N3/c1-4-13-14(11(2)5-8-15(13)16)7-6-12-9-17-18(3)10-12/h5,8-9,17H,4,10,16H2,1-3H3/p+1. The fraction of sp³-hybridized carbons (Fsp3) is 0.333. The van der Waals surface area contributed by atoms with Crippen LogP contribution in [-0.2, 0) is 6.42 Å². The van der Waals surface area contributed by atoms with Crippen LogP contribution in [0.2, 0.25) is 0 Å². The lowest BCUT2D eigenvalue weighted by atomic mass is 9.98. The Balaban J connectivity index is 2.35. The van der Waals surface area contributed by atoms with Crippen molar-refractivity contribution in [2.45, 2.75) is 20.3 Å². The number of benzene rings is 1. The Morgan fingerprint density at radius 3 is 2.78 bits per heavy atom. The Labute approximate surface area is 109 Å². The van der Waals surface area contributed by atoms with E-state index in [9.17, 15) is 0 Å². The van der Waals surface area contributed by atoms with E-state index in [2.05, 4.69) is 49.0 Å². The number of nitrogens with zero attached hydrogens (tertiary/aromatic N) is 1. The second-order valence-corrected chi connectivity index (χ2v) is 4.65. The van der Waals surface area contributed by atoms with Crippen molar-refractivity contribution < 1.29 is 5.73 Å². The molecule has 0 fully saturated rings. The predicted molar refractivity (Wildman–Crippen MR) is 73.8 cm³/mol. The first-order valence-corrected chi connectivity index (χ1v) is 6.24. The first kappa shape index (κ1) is 12.7. The van der Waals surface area contributed by atoms with Gasteiger partial charge in [-0.1, -0.05) is 24.8 Å². The molecule has 0 spiro atoms. The van der Waals surface area contributed by atoms with Gasteiger partial charge in [-0.3, -0.25) is 0 Å². The maximum atomic E-state index is 4.08. The number of nitrogens with one attached hydrogen (secondary N) is 1. The molecular formula is C15H20N3+. The maximum absolute atomic E-state index is 4.08. The molecule has 4 N–H and O–H groups in total. The molecule has 3 heteroatoms. The van der Waals surface area contributed by atoms with Crippen molar-refractivity contribution in [3.63, 3.8) is 0 Å². The highest BCUT2D eigenvalue weighted by molar-refractivity contribution is 5.57. The van der Waals surface area contributed by atoms with Crippen LogP contribution in [0.3, 0.4) is 0 Å². The minimum Gasteiger partial charge on any atom is -0.325 e. The van der Waals surface area contributed by atoms with Crippen molar-refractivity contribution in [2.24, 2.45) is 0 Å². The normalized spacial score (nSPS) is 14.8. The zero-order chi connectivity index (χ0) is 13.1. The van der Waals surface area contributed by atoms with Gasteiger partial charge in [-0.25, -0.2) is 5.01 Å². The maximum Gasteiger partial charge on any atom is 0.132 e. The SMILES string of the molecule is CCc1c([NH3+])ccc(C)c1C#CC1=CNN(C)C1. The van der Waals surface area contributed by atoms with Crippen LogP contribution < -0.4 is 11.2 Å². The van der Waals surface area contributed by atoms with Crippen molar-refractivity contribution in [3.8, 4) is 11.8 Å². The highest BCUT2D eigenvalue weighted by Crippen LogP contribution is 2.19. The molecule has 2 rings (SSSR count). The molecule has 94 valence electrons. The molecule has 0 atom stereocenters. The second kappa shape index (κ2) is 5.26. The monoisotopic (exact) mass is 242 g/mol. The molecule has 0 aliphatic carbocycles. The Morgan fingerprint density at radius 2 is 2.17 bits per heavy atom. The summed E-state index contributed by atoms with van der Waals surface area (Å²) in [5.41, 5.74) is 13.0. The Morgan fingerprint density at radius 1 is 1.39 bits per heavy atom. The van der Waals surface area contributed by atoms with Gasteiger partial charge in [-0.05, 0) is 25.0 Å². The van der Waals surface area contributed by atoms with Crippen LogP contribution in [0.25, 0.3) is 0 Å². The molecular weight excluding hydrogens is 222 g/mol. The zero-order valence-electron chi connectivity index (χ0n) is 11.3. The fourth-order valence-electron chi connectivity index (χ4n) is 2.14. The van der Waals surface area contributed by atoms with Crippen LogP contribution in [-0.4, -0.2) is 18.6 Å². The molecule has 0 saturated carbocycles. The summed E-state index contributed by atoms with van der Waals surface area (Å²) in [5.74, 6) is 6.56. The molecule has 1 aliphatic heterocycles. The zero-order valence-corrected chi connectivity index (χ0v) is 11.3. The van der Waals surface area contributed by atoms with Gasteiger partial charge in [-0.2, -0.15) is 0 Å².